The van der Waals surface area contributed by atoms with Gasteiger partial charge in [0.15, 0.2) is 11.2 Å². The molecule has 7 heteroatoms. The molecular formula is C27H28ClN3O3. The van der Waals surface area contributed by atoms with Crippen molar-refractivity contribution in [2.45, 2.75) is 30.7 Å². The summed E-state index contributed by atoms with van der Waals surface area (Å²) < 4.78 is 6.76. The van der Waals surface area contributed by atoms with Crippen LogP contribution in [0.2, 0.25) is 5.02 Å². The molecule has 176 valence electrons. The zero-order valence-electron chi connectivity index (χ0n) is 19.4. The highest BCUT2D eigenvalue weighted by Crippen LogP contribution is 2.69. The Balaban J connectivity index is 1.82. The van der Waals surface area contributed by atoms with Crippen molar-refractivity contribution in [2.24, 2.45) is 17.3 Å². The van der Waals surface area contributed by atoms with Gasteiger partial charge in [-0.1, -0.05) is 55.0 Å². The molecule has 2 heterocycles. The number of allylic oxidation sites excluding steroid dienone is 4. The smallest absolute Gasteiger partial charge is 0.180 e. The number of nitriles is 1. The average molecular weight is 478 g/mol. The van der Waals surface area contributed by atoms with E-state index in [2.05, 4.69) is 30.1 Å². The van der Waals surface area contributed by atoms with Gasteiger partial charge in [-0.25, -0.2) is 0 Å². The van der Waals surface area contributed by atoms with Crippen LogP contribution in [0.3, 0.4) is 0 Å². The predicted molar refractivity (Wildman–Crippen MR) is 129 cm³/mol. The van der Waals surface area contributed by atoms with Gasteiger partial charge in [0.1, 0.15) is 11.4 Å². The van der Waals surface area contributed by atoms with E-state index in [9.17, 15) is 15.5 Å². The Morgan fingerprint density at radius 1 is 1.26 bits per heavy atom. The van der Waals surface area contributed by atoms with E-state index >= 15 is 0 Å². The molecule has 1 aliphatic heterocycles. The van der Waals surface area contributed by atoms with Crippen LogP contribution in [0.5, 0.6) is 5.75 Å². The van der Waals surface area contributed by atoms with Gasteiger partial charge in [-0.15, -0.1) is 0 Å². The maximum atomic E-state index is 12.6. The number of nitrogens with zero attached hydrogens (tertiary/aromatic N) is 3. The third kappa shape index (κ3) is 3.01. The van der Waals surface area contributed by atoms with Crippen LogP contribution in [0.15, 0.2) is 60.8 Å². The number of benzene rings is 1. The van der Waals surface area contributed by atoms with Crippen LogP contribution < -0.4 is 4.74 Å². The van der Waals surface area contributed by atoms with Gasteiger partial charge >= 0.3 is 0 Å². The third-order valence-corrected chi connectivity index (χ3v) is 7.94. The number of hydrogen-bond donors (Lipinski definition) is 2. The van der Waals surface area contributed by atoms with Crippen LogP contribution in [0.1, 0.15) is 30.2 Å². The molecule has 6 atom stereocenters. The fourth-order valence-electron chi connectivity index (χ4n) is 6.47. The first-order valence-corrected chi connectivity index (χ1v) is 11.8. The number of ether oxygens (including phenoxy) is 1. The lowest BCUT2D eigenvalue weighted by Crippen LogP contribution is -2.55. The van der Waals surface area contributed by atoms with Gasteiger partial charge < -0.3 is 19.8 Å². The lowest BCUT2D eigenvalue weighted by Gasteiger charge is -2.47. The quantitative estimate of drug-likeness (QED) is 0.696. The second-order valence-electron chi connectivity index (χ2n) is 10.1. The molecule has 1 aromatic carbocycles. The molecule has 1 unspecified atom stereocenters. The van der Waals surface area contributed by atoms with E-state index < -0.39 is 22.7 Å². The molecule has 34 heavy (non-hydrogen) atoms. The van der Waals surface area contributed by atoms with E-state index in [-0.39, 0.29) is 11.8 Å². The molecule has 0 amide bonds. The molecule has 1 fully saturated rings. The van der Waals surface area contributed by atoms with E-state index in [4.69, 9.17) is 16.3 Å². The predicted octanol–water partition coefficient (Wildman–Crippen LogP) is 3.77. The van der Waals surface area contributed by atoms with Gasteiger partial charge in [-0.3, -0.25) is 4.98 Å². The molecule has 2 aliphatic carbocycles. The molecule has 2 aromatic rings. The molecule has 3 aliphatic rings. The Morgan fingerprint density at radius 2 is 2.00 bits per heavy atom. The van der Waals surface area contributed by atoms with E-state index in [1.807, 2.05) is 43.3 Å². The van der Waals surface area contributed by atoms with Crippen molar-refractivity contribution in [2.75, 3.05) is 20.6 Å². The van der Waals surface area contributed by atoms with E-state index in [1.165, 1.54) is 6.20 Å². The summed E-state index contributed by atoms with van der Waals surface area (Å²) in [5, 5.41) is 34.2. The van der Waals surface area contributed by atoms with Crippen molar-refractivity contribution in [3.63, 3.8) is 0 Å². The molecular weight excluding hydrogens is 450 g/mol. The maximum absolute atomic E-state index is 12.6. The topological polar surface area (TPSA) is 89.6 Å². The van der Waals surface area contributed by atoms with Crippen molar-refractivity contribution in [1.29, 1.82) is 5.26 Å². The lowest BCUT2D eigenvalue weighted by atomic mass is 9.60. The molecule has 1 saturated carbocycles. The summed E-state index contributed by atoms with van der Waals surface area (Å²) in [7, 11) is 3.92. The number of fused-ring (bicyclic) bond motifs is 3. The summed E-state index contributed by atoms with van der Waals surface area (Å²) in [4.78, 5) is 6.51. The fourth-order valence-corrected chi connectivity index (χ4v) is 6.62. The molecule has 0 saturated heterocycles. The Hall–Kier alpha value is -2.69. The zero-order valence-corrected chi connectivity index (χ0v) is 20.2. The largest absolute Gasteiger partial charge is 0.477 e. The Kier molecular flexibility index (Phi) is 5.38. The first-order valence-electron chi connectivity index (χ1n) is 11.4. The second-order valence-corrected chi connectivity index (χ2v) is 10.6. The average Bonchev–Trinajstić information content (AvgIpc) is 3.17. The van der Waals surface area contributed by atoms with Crippen molar-refractivity contribution < 1.29 is 14.9 Å². The third-order valence-electron chi connectivity index (χ3n) is 7.73. The summed E-state index contributed by atoms with van der Waals surface area (Å²) >= 11 is 6.25. The van der Waals surface area contributed by atoms with Crippen molar-refractivity contribution in [1.82, 2.24) is 9.88 Å². The molecule has 5 rings (SSSR count). The van der Waals surface area contributed by atoms with Crippen LogP contribution in [0, 0.1) is 28.6 Å². The number of pyridine rings is 1. The van der Waals surface area contributed by atoms with Crippen LogP contribution in [-0.4, -0.2) is 46.8 Å². The van der Waals surface area contributed by atoms with E-state index in [1.54, 1.807) is 18.2 Å². The summed E-state index contributed by atoms with van der Waals surface area (Å²) in [6.07, 6.45) is 9.35. The normalized spacial score (nSPS) is 35.6. The van der Waals surface area contributed by atoms with Gasteiger partial charge in [0.05, 0.1) is 22.8 Å². The number of hydrogen-bond acceptors (Lipinski definition) is 6. The molecule has 0 spiro atoms. The van der Waals surface area contributed by atoms with Crippen molar-refractivity contribution in [3.8, 4) is 11.8 Å². The van der Waals surface area contributed by atoms with Gasteiger partial charge in [0.2, 0.25) is 0 Å². The molecule has 2 N–H and O–H groups in total. The van der Waals surface area contributed by atoms with Crippen LogP contribution >= 0.6 is 11.6 Å². The Labute approximate surface area is 204 Å². The minimum atomic E-state index is -1.82. The molecule has 6 nitrogen and oxygen atoms in total. The maximum Gasteiger partial charge on any atom is 0.180 e. The highest BCUT2D eigenvalue weighted by atomic mass is 35.5. The van der Waals surface area contributed by atoms with Gasteiger partial charge in [0, 0.05) is 30.6 Å². The monoisotopic (exact) mass is 477 g/mol. The highest BCUT2D eigenvalue weighted by Gasteiger charge is 2.78. The lowest BCUT2D eigenvalue weighted by molar-refractivity contribution is -0.166. The summed E-state index contributed by atoms with van der Waals surface area (Å²) in [6.45, 7) is 2.70. The standard InChI is InChI=1S/C27H28ClN3O3/c1-25(11-5-4-6-12-25)22-20(16-31(2)3)24(32)26(33)23-21(13-19(28)15-30-23)34-27(22,26)18-9-7-17(14-29)8-10-18/h4-11,13,15,20,22,24,32-33H,12,16H2,1-3H3/t20-,22+,24-,25?,26+,27+/m1/s1. The van der Waals surface area contributed by atoms with Gasteiger partial charge in [-0.05, 0) is 43.6 Å². The number of aliphatic hydroxyl groups excluding tert-OH is 1. The van der Waals surface area contributed by atoms with Crippen LogP contribution in [0.25, 0.3) is 0 Å². The van der Waals surface area contributed by atoms with E-state index in [0.29, 0.717) is 34.1 Å². The number of rotatable bonds is 4. The first kappa shape index (κ1) is 23.1. The molecule has 0 radical (unpaired) electrons. The summed E-state index contributed by atoms with van der Waals surface area (Å²) in [6, 6.07) is 10.9. The number of aromatic nitrogens is 1. The molecule has 1 aromatic heterocycles. The Morgan fingerprint density at radius 3 is 2.62 bits per heavy atom. The van der Waals surface area contributed by atoms with Crippen LogP contribution in [0.4, 0.5) is 0 Å². The number of aliphatic hydroxyl groups is 2. The fraction of sp³-hybridized carbons (Fsp3) is 0.407. The second kappa shape index (κ2) is 7.93. The SMILES string of the molecule is CN(C)C[C@H]1[C@@H](O)[C@@]2(O)c3ncc(Cl)cc3O[C@@]2(c2ccc(C#N)cc2)[C@@H]1C1(C)C=CC=CC1. The van der Waals surface area contributed by atoms with E-state index in [0.717, 1.165) is 6.42 Å². The van der Waals surface area contributed by atoms with Crippen LogP contribution in [-0.2, 0) is 11.2 Å². The Bertz CT molecular complexity index is 1220. The summed E-state index contributed by atoms with van der Waals surface area (Å²) in [5.41, 5.74) is -2.10. The minimum Gasteiger partial charge on any atom is -0.477 e. The van der Waals surface area contributed by atoms with Gasteiger partial charge in [-0.2, -0.15) is 5.26 Å². The zero-order chi connectivity index (χ0) is 24.3. The highest BCUT2D eigenvalue weighted by molar-refractivity contribution is 6.30. The minimum absolute atomic E-state index is 0.291. The summed E-state index contributed by atoms with van der Waals surface area (Å²) in [5.74, 6) is -0.294. The van der Waals surface area contributed by atoms with Crippen molar-refractivity contribution in [3.05, 3.63) is 82.7 Å². The first-order chi connectivity index (χ1) is 16.2. The molecule has 0 bridgehead atoms. The van der Waals surface area contributed by atoms with Gasteiger partial charge in [0.25, 0.3) is 0 Å². The van der Waals surface area contributed by atoms with Crippen molar-refractivity contribution >= 4 is 11.6 Å². The number of halogens is 1.